The Labute approximate surface area is 175 Å². The van der Waals surface area contributed by atoms with Crippen molar-refractivity contribution in [3.8, 4) is 17.1 Å². The molecule has 1 amide bonds. The summed E-state index contributed by atoms with van der Waals surface area (Å²) in [5.41, 5.74) is 5.09. The van der Waals surface area contributed by atoms with E-state index in [0.717, 1.165) is 40.2 Å². The van der Waals surface area contributed by atoms with Gasteiger partial charge in [0.05, 0.1) is 17.6 Å². The van der Waals surface area contributed by atoms with Crippen LogP contribution in [0.4, 0.5) is 0 Å². The van der Waals surface area contributed by atoms with Gasteiger partial charge >= 0.3 is 0 Å². The number of imidazole rings is 1. The predicted octanol–water partition coefficient (Wildman–Crippen LogP) is 4.52. The topological polar surface area (TPSA) is 56.2 Å². The van der Waals surface area contributed by atoms with Crippen LogP contribution in [0.1, 0.15) is 24.1 Å². The summed E-state index contributed by atoms with van der Waals surface area (Å²) >= 11 is 0. The van der Waals surface area contributed by atoms with E-state index in [1.165, 1.54) is 5.56 Å². The van der Waals surface area contributed by atoms with Crippen LogP contribution >= 0.6 is 0 Å². The number of aromatic nitrogens is 2. The van der Waals surface area contributed by atoms with Crippen LogP contribution in [0.5, 0.6) is 5.75 Å². The Morgan fingerprint density at radius 3 is 2.77 bits per heavy atom. The van der Waals surface area contributed by atoms with Gasteiger partial charge in [-0.05, 0) is 48.4 Å². The Hall–Kier alpha value is -3.60. The van der Waals surface area contributed by atoms with Gasteiger partial charge in [-0.15, -0.1) is 0 Å². The van der Waals surface area contributed by atoms with Gasteiger partial charge in [-0.1, -0.05) is 42.5 Å². The SMILES string of the molecule is CC(C(=O)NCc1ccccc1)n1c(-c2ccc3c(c2)CCO3)nc2ccccc21. The van der Waals surface area contributed by atoms with Crippen LogP contribution < -0.4 is 10.1 Å². The largest absolute Gasteiger partial charge is 0.493 e. The molecule has 1 unspecified atom stereocenters. The van der Waals surface area contributed by atoms with Crippen LogP contribution in [-0.2, 0) is 17.8 Å². The highest BCUT2D eigenvalue weighted by Crippen LogP contribution is 2.33. The number of nitrogens with zero attached hydrogens (tertiary/aromatic N) is 2. The standard InChI is InChI=1S/C25H23N3O2/c1-17(25(29)26-16-18-7-3-2-4-8-18)28-22-10-6-5-9-21(22)27-24(28)20-11-12-23-19(15-20)13-14-30-23/h2-12,15,17H,13-14,16H2,1H3,(H,26,29). The van der Waals surface area contributed by atoms with Crippen LogP contribution in [0.25, 0.3) is 22.4 Å². The van der Waals surface area contributed by atoms with Gasteiger partial charge < -0.3 is 14.6 Å². The van der Waals surface area contributed by atoms with Gasteiger partial charge in [-0.3, -0.25) is 4.79 Å². The number of ether oxygens (including phenoxy) is 1. The molecule has 0 saturated heterocycles. The third-order valence-corrected chi connectivity index (χ3v) is 5.62. The molecule has 0 aliphatic carbocycles. The van der Waals surface area contributed by atoms with Crippen molar-refractivity contribution in [2.75, 3.05) is 6.61 Å². The van der Waals surface area contributed by atoms with E-state index in [9.17, 15) is 4.79 Å². The highest BCUT2D eigenvalue weighted by molar-refractivity contribution is 5.87. The molecule has 0 bridgehead atoms. The summed E-state index contributed by atoms with van der Waals surface area (Å²) in [5.74, 6) is 1.70. The second-order valence-electron chi connectivity index (χ2n) is 7.59. The number of amides is 1. The fourth-order valence-corrected chi connectivity index (χ4v) is 4.02. The maximum atomic E-state index is 13.0. The molecule has 1 aliphatic heterocycles. The smallest absolute Gasteiger partial charge is 0.243 e. The zero-order chi connectivity index (χ0) is 20.5. The zero-order valence-electron chi connectivity index (χ0n) is 16.8. The molecule has 1 atom stereocenters. The molecule has 1 N–H and O–H groups in total. The lowest BCUT2D eigenvalue weighted by atomic mass is 10.1. The second-order valence-corrected chi connectivity index (χ2v) is 7.59. The Balaban J connectivity index is 1.51. The van der Waals surface area contributed by atoms with Gasteiger partial charge in [-0.25, -0.2) is 4.98 Å². The molecule has 0 spiro atoms. The lowest BCUT2D eigenvalue weighted by Crippen LogP contribution is -2.30. The van der Waals surface area contributed by atoms with E-state index in [4.69, 9.17) is 9.72 Å². The first-order valence-electron chi connectivity index (χ1n) is 10.3. The van der Waals surface area contributed by atoms with E-state index in [0.29, 0.717) is 13.2 Å². The van der Waals surface area contributed by atoms with E-state index < -0.39 is 6.04 Å². The number of carbonyl (C=O) groups excluding carboxylic acids is 1. The third kappa shape index (κ3) is 3.32. The number of fused-ring (bicyclic) bond motifs is 2. The van der Waals surface area contributed by atoms with Gasteiger partial charge in [0, 0.05) is 18.5 Å². The molecule has 4 aromatic rings. The van der Waals surface area contributed by atoms with Gasteiger partial charge in [0.2, 0.25) is 5.91 Å². The van der Waals surface area contributed by atoms with Crippen molar-refractivity contribution in [2.24, 2.45) is 0 Å². The number of carbonyl (C=O) groups is 1. The number of para-hydroxylation sites is 2. The third-order valence-electron chi connectivity index (χ3n) is 5.62. The maximum absolute atomic E-state index is 13.0. The van der Waals surface area contributed by atoms with Crippen molar-refractivity contribution >= 4 is 16.9 Å². The van der Waals surface area contributed by atoms with Crippen molar-refractivity contribution in [2.45, 2.75) is 25.9 Å². The summed E-state index contributed by atoms with van der Waals surface area (Å²) in [7, 11) is 0. The van der Waals surface area contributed by atoms with E-state index in [2.05, 4.69) is 11.4 Å². The van der Waals surface area contributed by atoms with Crippen molar-refractivity contribution in [3.05, 3.63) is 83.9 Å². The van der Waals surface area contributed by atoms with Gasteiger partial charge in [0.1, 0.15) is 17.6 Å². The number of rotatable bonds is 5. The molecular weight excluding hydrogens is 374 g/mol. The highest BCUT2D eigenvalue weighted by Gasteiger charge is 2.23. The zero-order valence-corrected chi connectivity index (χ0v) is 16.8. The van der Waals surface area contributed by atoms with Crippen LogP contribution in [-0.4, -0.2) is 22.1 Å². The van der Waals surface area contributed by atoms with E-state index in [1.807, 2.05) is 78.2 Å². The molecule has 5 heteroatoms. The number of nitrogens with one attached hydrogen (secondary N) is 1. The van der Waals surface area contributed by atoms with Crippen molar-refractivity contribution in [1.82, 2.24) is 14.9 Å². The molecule has 0 radical (unpaired) electrons. The lowest BCUT2D eigenvalue weighted by molar-refractivity contribution is -0.123. The minimum absolute atomic E-state index is 0.0345. The second kappa shape index (κ2) is 7.67. The normalized spacial score (nSPS) is 13.6. The lowest BCUT2D eigenvalue weighted by Gasteiger charge is -2.18. The fourth-order valence-electron chi connectivity index (χ4n) is 4.02. The van der Waals surface area contributed by atoms with Crippen LogP contribution in [0, 0.1) is 0 Å². The molecule has 1 aromatic heterocycles. The maximum Gasteiger partial charge on any atom is 0.243 e. The first-order chi connectivity index (χ1) is 14.7. The molecule has 30 heavy (non-hydrogen) atoms. The van der Waals surface area contributed by atoms with Crippen LogP contribution in [0.3, 0.4) is 0 Å². The van der Waals surface area contributed by atoms with E-state index in [-0.39, 0.29) is 5.91 Å². The Kier molecular flexibility index (Phi) is 4.71. The Morgan fingerprint density at radius 2 is 1.90 bits per heavy atom. The summed E-state index contributed by atoms with van der Waals surface area (Å²) in [5, 5.41) is 3.06. The molecule has 0 fully saturated rings. The molecule has 5 nitrogen and oxygen atoms in total. The van der Waals surface area contributed by atoms with Crippen LogP contribution in [0.2, 0.25) is 0 Å². The summed E-state index contributed by atoms with van der Waals surface area (Å²) < 4.78 is 7.68. The monoisotopic (exact) mass is 397 g/mol. The molecule has 5 rings (SSSR count). The number of hydrogen-bond donors (Lipinski definition) is 1. The summed E-state index contributed by atoms with van der Waals surface area (Å²) in [6.45, 7) is 3.14. The van der Waals surface area contributed by atoms with Gasteiger partial charge in [0.15, 0.2) is 0 Å². The number of benzene rings is 3. The minimum atomic E-state index is -0.402. The van der Waals surface area contributed by atoms with Crippen LogP contribution in [0.15, 0.2) is 72.8 Å². The number of hydrogen-bond acceptors (Lipinski definition) is 3. The predicted molar refractivity (Wildman–Crippen MR) is 117 cm³/mol. The summed E-state index contributed by atoms with van der Waals surface area (Å²) in [6, 6.07) is 23.7. The van der Waals surface area contributed by atoms with Crippen molar-refractivity contribution < 1.29 is 9.53 Å². The fraction of sp³-hybridized carbons (Fsp3) is 0.200. The molecule has 2 heterocycles. The highest BCUT2D eigenvalue weighted by atomic mass is 16.5. The molecule has 0 saturated carbocycles. The van der Waals surface area contributed by atoms with Crippen molar-refractivity contribution in [1.29, 1.82) is 0 Å². The molecule has 1 aliphatic rings. The van der Waals surface area contributed by atoms with Gasteiger partial charge in [0.25, 0.3) is 0 Å². The minimum Gasteiger partial charge on any atom is -0.493 e. The quantitative estimate of drug-likeness (QED) is 0.539. The molecular formula is C25H23N3O2. The first kappa shape index (κ1) is 18.4. The van der Waals surface area contributed by atoms with Gasteiger partial charge in [-0.2, -0.15) is 0 Å². The Morgan fingerprint density at radius 1 is 1.10 bits per heavy atom. The van der Waals surface area contributed by atoms with E-state index >= 15 is 0 Å². The van der Waals surface area contributed by atoms with E-state index in [1.54, 1.807) is 0 Å². The Bertz CT molecular complexity index is 1210. The summed E-state index contributed by atoms with van der Waals surface area (Å²) in [4.78, 5) is 17.9. The first-order valence-corrected chi connectivity index (χ1v) is 10.3. The van der Waals surface area contributed by atoms with Crippen molar-refractivity contribution in [3.63, 3.8) is 0 Å². The molecule has 150 valence electrons. The summed E-state index contributed by atoms with van der Waals surface area (Å²) in [6.07, 6.45) is 0.899. The average molecular weight is 397 g/mol. The molecule has 3 aromatic carbocycles. The average Bonchev–Trinajstić information content (AvgIpc) is 3.41.